The molecule has 1 fully saturated rings. The Morgan fingerprint density at radius 2 is 1.94 bits per heavy atom. The molecule has 7 nitrogen and oxygen atoms in total. The van der Waals surface area contributed by atoms with Crippen LogP contribution in [0.4, 0.5) is 11.4 Å². The fourth-order valence-corrected chi connectivity index (χ4v) is 4.68. The van der Waals surface area contributed by atoms with E-state index < -0.39 is 0 Å². The summed E-state index contributed by atoms with van der Waals surface area (Å²) in [6.07, 6.45) is 7.66. The minimum Gasteiger partial charge on any atom is -0.383 e. The molecule has 0 bridgehead atoms. The minimum atomic E-state index is -0.207. The highest BCUT2D eigenvalue weighted by atomic mass is 16.1. The number of amidine groups is 1. The number of nitrogens with two attached hydrogens (primary N) is 1. The van der Waals surface area contributed by atoms with Crippen LogP contribution in [0.3, 0.4) is 0 Å². The molecule has 1 aliphatic heterocycles. The van der Waals surface area contributed by atoms with Gasteiger partial charge in [0.05, 0.1) is 11.4 Å². The summed E-state index contributed by atoms with van der Waals surface area (Å²) in [4.78, 5) is 22.4. The van der Waals surface area contributed by atoms with E-state index >= 15 is 0 Å². The van der Waals surface area contributed by atoms with Gasteiger partial charge in [-0.1, -0.05) is 39.2 Å². The average Bonchev–Trinajstić information content (AvgIpc) is 3.16. The van der Waals surface area contributed by atoms with Gasteiger partial charge in [-0.2, -0.15) is 0 Å². The zero-order chi connectivity index (χ0) is 23.1. The van der Waals surface area contributed by atoms with Gasteiger partial charge in [0.25, 0.3) is 5.56 Å². The molecule has 1 aromatic carbocycles. The topological polar surface area (TPSA) is 110 Å². The Balaban J connectivity index is 0.00000141. The van der Waals surface area contributed by atoms with Crippen molar-refractivity contribution in [2.45, 2.75) is 65.1 Å². The first-order valence-corrected chi connectivity index (χ1v) is 11.4. The number of pyridine rings is 1. The summed E-state index contributed by atoms with van der Waals surface area (Å²) in [5.41, 5.74) is 10.8. The Labute approximate surface area is 190 Å². The molecule has 4 N–H and O–H groups in total. The van der Waals surface area contributed by atoms with E-state index in [1.807, 2.05) is 12.1 Å². The van der Waals surface area contributed by atoms with Gasteiger partial charge in [-0.05, 0) is 48.1 Å². The molecule has 0 atom stereocenters. The highest BCUT2D eigenvalue weighted by molar-refractivity contribution is 6.03. The number of benzene rings is 1. The van der Waals surface area contributed by atoms with Crippen LogP contribution >= 0.6 is 0 Å². The molecule has 0 radical (unpaired) electrons. The first-order valence-electron chi connectivity index (χ1n) is 11.4. The third-order valence-electron chi connectivity index (χ3n) is 6.03. The fourth-order valence-electron chi connectivity index (χ4n) is 4.68. The summed E-state index contributed by atoms with van der Waals surface area (Å²) in [6, 6.07) is 8.52. The van der Waals surface area contributed by atoms with Crippen molar-refractivity contribution < 1.29 is 0 Å². The Bertz CT molecular complexity index is 1020. The number of nitrogens with zero attached hydrogens (tertiary/aromatic N) is 3. The van der Waals surface area contributed by atoms with Crippen LogP contribution in [0.2, 0.25) is 0 Å². The molecule has 2 aromatic rings. The molecule has 0 amide bonds. The van der Waals surface area contributed by atoms with E-state index in [4.69, 9.17) is 11.0 Å². The molecule has 1 aliphatic carbocycles. The molecule has 2 aliphatic rings. The molecular weight excluding hydrogens is 400 g/mol. The highest BCUT2D eigenvalue weighted by Gasteiger charge is 2.21. The molecule has 32 heavy (non-hydrogen) atoms. The Kier molecular flexibility index (Phi) is 8.07. The molecule has 0 unspecified atom stereocenters. The van der Waals surface area contributed by atoms with E-state index in [2.05, 4.69) is 52.7 Å². The zero-order valence-electron chi connectivity index (χ0n) is 19.1. The van der Waals surface area contributed by atoms with Gasteiger partial charge in [0.2, 0.25) is 0 Å². The SMILES string of the molecule is C#N.CC(C)CN1Cc2ccc(N=C(N)c3c(NC4CCCCC4)cc[nH]c3=O)cc2C1. The number of rotatable bonds is 6. The molecule has 1 aromatic heterocycles. The molecule has 2 heterocycles. The van der Waals surface area contributed by atoms with Crippen LogP contribution in [0.25, 0.3) is 0 Å². The van der Waals surface area contributed by atoms with Crippen LogP contribution in [0, 0.1) is 17.8 Å². The van der Waals surface area contributed by atoms with Gasteiger partial charge in [0.15, 0.2) is 0 Å². The second-order valence-corrected chi connectivity index (χ2v) is 9.09. The number of aromatic amines is 1. The molecule has 4 rings (SSSR count). The lowest BCUT2D eigenvalue weighted by molar-refractivity contribution is 0.251. The van der Waals surface area contributed by atoms with Crippen molar-refractivity contribution in [3.63, 3.8) is 0 Å². The largest absolute Gasteiger partial charge is 0.383 e. The number of nitriles is 1. The monoisotopic (exact) mass is 434 g/mol. The first kappa shape index (κ1) is 23.6. The second kappa shape index (κ2) is 11.0. The first-order chi connectivity index (χ1) is 15.5. The molecule has 170 valence electrons. The maximum absolute atomic E-state index is 12.6. The number of fused-ring (bicyclic) bond motifs is 1. The number of anilines is 1. The normalized spacial score (nSPS) is 17.0. The number of hydrogen-bond donors (Lipinski definition) is 3. The predicted molar refractivity (Wildman–Crippen MR) is 130 cm³/mol. The number of H-pyrrole nitrogens is 1. The van der Waals surface area contributed by atoms with Gasteiger partial charge < -0.3 is 16.0 Å². The lowest BCUT2D eigenvalue weighted by atomic mass is 9.95. The Morgan fingerprint density at radius 3 is 2.66 bits per heavy atom. The van der Waals surface area contributed by atoms with E-state index in [9.17, 15) is 4.79 Å². The maximum atomic E-state index is 12.6. The number of nitrogens with one attached hydrogen (secondary N) is 2. The van der Waals surface area contributed by atoms with Crippen LogP contribution in [0.15, 0.2) is 40.2 Å². The van der Waals surface area contributed by atoms with Crippen molar-refractivity contribution in [1.82, 2.24) is 9.88 Å². The van der Waals surface area contributed by atoms with Crippen LogP contribution in [0.5, 0.6) is 0 Å². The number of aromatic nitrogens is 1. The van der Waals surface area contributed by atoms with Gasteiger partial charge >= 0.3 is 0 Å². The van der Waals surface area contributed by atoms with Gasteiger partial charge in [-0.25, -0.2) is 10.3 Å². The van der Waals surface area contributed by atoms with E-state index in [1.165, 1.54) is 30.4 Å². The third kappa shape index (κ3) is 5.77. The van der Waals surface area contributed by atoms with E-state index in [0.717, 1.165) is 43.9 Å². The predicted octanol–water partition coefficient (Wildman–Crippen LogP) is 4.27. The zero-order valence-corrected chi connectivity index (χ0v) is 19.1. The molecular formula is C25H34N6O. The van der Waals surface area contributed by atoms with E-state index in [0.29, 0.717) is 17.5 Å². The second-order valence-electron chi connectivity index (χ2n) is 9.09. The van der Waals surface area contributed by atoms with Crippen molar-refractivity contribution in [3.05, 3.63) is 57.5 Å². The van der Waals surface area contributed by atoms with Crippen molar-refractivity contribution in [3.8, 4) is 6.57 Å². The molecule has 0 spiro atoms. The van der Waals surface area contributed by atoms with Crippen LogP contribution in [-0.4, -0.2) is 28.3 Å². The lowest BCUT2D eigenvalue weighted by Crippen LogP contribution is -2.29. The third-order valence-corrected chi connectivity index (χ3v) is 6.03. The van der Waals surface area contributed by atoms with Gasteiger partial charge in [0.1, 0.15) is 11.4 Å². The summed E-state index contributed by atoms with van der Waals surface area (Å²) >= 11 is 0. The van der Waals surface area contributed by atoms with E-state index in [-0.39, 0.29) is 11.4 Å². The summed E-state index contributed by atoms with van der Waals surface area (Å²) < 4.78 is 0. The van der Waals surface area contributed by atoms with Crippen LogP contribution in [-0.2, 0) is 13.1 Å². The number of aliphatic imine (C=N–C) groups is 1. The minimum absolute atomic E-state index is 0.207. The highest BCUT2D eigenvalue weighted by Crippen LogP contribution is 2.28. The smallest absolute Gasteiger partial charge is 0.261 e. The average molecular weight is 435 g/mol. The molecule has 0 saturated heterocycles. The van der Waals surface area contributed by atoms with Crippen LogP contribution < -0.4 is 16.6 Å². The van der Waals surface area contributed by atoms with Gasteiger partial charge in [-0.3, -0.25) is 9.69 Å². The Hall–Kier alpha value is -3.11. The summed E-state index contributed by atoms with van der Waals surface area (Å²) in [5.74, 6) is 0.902. The van der Waals surface area contributed by atoms with Crippen LogP contribution in [0.1, 0.15) is 62.6 Å². The van der Waals surface area contributed by atoms with E-state index in [1.54, 1.807) is 6.20 Å². The van der Waals surface area contributed by atoms with Gasteiger partial charge in [-0.15, -0.1) is 0 Å². The van der Waals surface area contributed by atoms with Crippen molar-refractivity contribution in [2.24, 2.45) is 16.6 Å². The van der Waals surface area contributed by atoms with Crippen molar-refractivity contribution in [1.29, 1.82) is 5.26 Å². The fraction of sp³-hybridized carbons (Fsp3) is 0.480. The summed E-state index contributed by atoms with van der Waals surface area (Å²) in [6.45, 7) is 11.0. The van der Waals surface area contributed by atoms with Crippen molar-refractivity contribution >= 4 is 17.2 Å². The van der Waals surface area contributed by atoms with Crippen molar-refractivity contribution in [2.75, 3.05) is 11.9 Å². The number of hydrogen-bond acceptors (Lipinski definition) is 5. The van der Waals surface area contributed by atoms with Gasteiger partial charge in [0, 0.05) is 38.4 Å². The standard InChI is InChI=1S/C24H33N5O.CHN/c1-16(2)13-29-14-17-8-9-20(12-18(17)15-29)28-23(25)22-21(10-11-26-24(22)30)27-19-6-4-3-5-7-19;1-2/h8-12,16,19H,3-7,13-15H2,1-2H3,(H2,25,28)(H2,26,27,30);1H. The lowest BCUT2D eigenvalue weighted by Gasteiger charge is -2.24. The molecule has 1 saturated carbocycles. The summed E-state index contributed by atoms with van der Waals surface area (Å²) in [5, 5.41) is 10.0. The Morgan fingerprint density at radius 1 is 1.22 bits per heavy atom. The summed E-state index contributed by atoms with van der Waals surface area (Å²) in [7, 11) is 0. The molecule has 7 heteroatoms. The quantitative estimate of drug-likeness (QED) is 0.464. The maximum Gasteiger partial charge on any atom is 0.261 e.